The molecule has 0 unspecified atom stereocenters. The Hall–Kier alpha value is -4.74. The maximum atomic E-state index is 13.3. The van der Waals surface area contributed by atoms with Gasteiger partial charge in [0.15, 0.2) is 0 Å². The Labute approximate surface area is 210 Å². The quantitative estimate of drug-likeness (QED) is 0.329. The molecular weight excluding hydrogens is 481 g/mol. The molecule has 3 heterocycles. The van der Waals surface area contributed by atoms with Gasteiger partial charge in [0.05, 0.1) is 23.4 Å². The fourth-order valence-corrected chi connectivity index (χ4v) is 4.24. The van der Waals surface area contributed by atoms with Gasteiger partial charge in [-0.3, -0.25) is 9.48 Å². The third-order valence-corrected chi connectivity index (χ3v) is 5.98. The number of halogens is 1. The van der Waals surface area contributed by atoms with Crippen molar-refractivity contribution < 1.29 is 23.8 Å². The first-order chi connectivity index (χ1) is 17.9. The van der Waals surface area contributed by atoms with Crippen molar-refractivity contribution >= 4 is 40.1 Å². The summed E-state index contributed by atoms with van der Waals surface area (Å²) in [5, 5.41) is 20.1. The van der Waals surface area contributed by atoms with Crippen molar-refractivity contribution in [1.29, 1.82) is 0 Å². The van der Waals surface area contributed by atoms with Crippen LogP contribution in [0.1, 0.15) is 12.8 Å². The average Bonchev–Trinajstić information content (AvgIpc) is 3.52. The monoisotopic (exact) mass is 505 g/mol. The van der Waals surface area contributed by atoms with Gasteiger partial charge in [0, 0.05) is 29.9 Å². The molecule has 0 spiro atoms. The molecule has 1 atom stereocenters. The van der Waals surface area contributed by atoms with Gasteiger partial charge in [0.1, 0.15) is 36.9 Å². The third kappa shape index (κ3) is 5.74. The van der Waals surface area contributed by atoms with Crippen LogP contribution >= 0.6 is 0 Å². The molecule has 1 aliphatic rings. The van der Waals surface area contributed by atoms with Crippen molar-refractivity contribution in [3.8, 4) is 5.75 Å². The first kappa shape index (κ1) is 24.0. The number of hydrogen-bond donors (Lipinski definition) is 3. The number of hydrogen-bond acceptors (Lipinski definition) is 7. The van der Waals surface area contributed by atoms with E-state index in [1.807, 2.05) is 6.07 Å². The second-order valence-electron chi connectivity index (χ2n) is 8.59. The Bertz CT molecular complexity index is 1440. The number of anilines is 3. The average molecular weight is 506 g/mol. The molecule has 0 bridgehead atoms. The molecule has 190 valence electrons. The van der Waals surface area contributed by atoms with E-state index in [0.29, 0.717) is 35.0 Å². The number of benzene rings is 2. The van der Waals surface area contributed by atoms with E-state index in [0.717, 1.165) is 18.2 Å². The fraction of sp³-hybridized carbons (Fsp3) is 0.240. The minimum absolute atomic E-state index is 0.0519. The molecule has 0 saturated carbocycles. The number of nitrogens with zero attached hydrogens (tertiary/aromatic N) is 5. The maximum Gasteiger partial charge on any atom is 0.407 e. The Balaban J connectivity index is 1.22. The molecule has 1 aliphatic heterocycles. The van der Waals surface area contributed by atoms with Crippen molar-refractivity contribution in [2.75, 3.05) is 23.8 Å². The minimum Gasteiger partial charge on any atom is -0.491 e. The number of likely N-dealkylation sites (tertiary alicyclic amines) is 1. The molecule has 2 aromatic heterocycles. The first-order valence-electron chi connectivity index (χ1n) is 11.7. The number of carboxylic acid groups (broad SMARTS) is 1. The number of carbonyl (C=O) groups excluding carboxylic acids is 1. The highest BCUT2D eigenvalue weighted by molar-refractivity contribution is 5.92. The van der Waals surface area contributed by atoms with Gasteiger partial charge in [0.25, 0.3) is 0 Å². The highest BCUT2D eigenvalue weighted by Crippen LogP contribution is 2.27. The summed E-state index contributed by atoms with van der Waals surface area (Å²) in [5.74, 6) is 0.363. The molecule has 12 heteroatoms. The lowest BCUT2D eigenvalue weighted by atomic mass is 10.2. The Morgan fingerprint density at radius 3 is 2.89 bits per heavy atom. The lowest BCUT2D eigenvalue weighted by Gasteiger charge is -2.21. The molecule has 1 fully saturated rings. The summed E-state index contributed by atoms with van der Waals surface area (Å²) in [6, 6.07) is 10.9. The number of ether oxygens (including phenoxy) is 1. The van der Waals surface area contributed by atoms with E-state index in [4.69, 9.17) is 4.74 Å². The molecule has 2 amide bonds. The van der Waals surface area contributed by atoms with Gasteiger partial charge in [-0.1, -0.05) is 6.07 Å². The predicted octanol–water partition coefficient (Wildman–Crippen LogP) is 3.87. The highest BCUT2D eigenvalue weighted by Gasteiger charge is 2.28. The van der Waals surface area contributed by atoms with Gasteiger partial charge in [-0.15, -0.1) is 0 Å². The molecule has 0 radical (unpaired) electrons. The summed E-state index contributed by atoms with van der Waals surface area (Å²) in [7, 11) is 0. The topological polar surface area (TPSA) is 134 Å². The van der Waals surface area contributed by atoms with E-state index >= 15 is 0 Å². The minimum atomic E-state index is -0.927. The molecule has 0 aliphatic carbocycles. The van der Waals surface area contributed by atoms with E-state index < -0.39 is 11.9 Å². The SMILES string of the molecule is O=C(Cn1cc(Nc2ncnc3cc(OC[C@@H]4CCCN4C(=O)O)ccc23)cn1)Nc1cccc(F)c1. The molecule has 5 rings (SSSR count). The highest BCUT2D eigenvalue weighted by atomic mass is 19.1. The predicted molar refractivity (Wildman–Crippen MR) is 133 cm³/mol. The molecular formula is C25H24FN7O4. The largest absolute Gasteiger partial charge is 0.491 e. The fourth-order valence-electron chi connectivity index (χ4n) is 4.24. The lowest BCUT2D eigenvalue weighted by Crippen LogP contribution is -2.37. The Kier molecular flexibility index (Phi) is 6.79. The summed E-state index contributed by atoms with van der Waals surface area (Å²) < 4.78 is 20.6. The van der Waals surface area contributed by atoms with Crippen LogP contribution in [0.3, 0.4) is 0 Å². The standard InChI is InChI=1S/C25H24FN7O4/c26-16-3-1-4-17(9-16)30-23(34)13-32-12-18(11-29-32)31-24-21-7-6-20(10-22(21)27-15-28-24)37-14-19-5-2-8-33(19)25(35)36/h1,3-4,6-7,9-12,15,19H,2,5,8,13-14H2,(H,30,34)(H,35,36)(H,27,28,31)/t19-/m0/s1. The van der Waals surface area contributed by atoms with Crippen LogP contribution in [0.5, 0.6) is 5.75 Å². The summed E-state index contributed by atoms with van der Waals surface area (Å²) in [5.41, 5.74) is 1.64. The zero-order valence-electron chi connectivity index (χ0n) is 19.7. The van der Waals surface area contributed by atoms with E-state index in [9.17, 15) is 19.1 Å². The first-order valence-corrected chi connectivity index (χ1v) is 11.7. The van der Waals surface area contributed by atoms with Gasteiger partial charge in [-0.2, -0.15) is 5.10 Å². The van der Waals surface area contributed by atoms with Gasteiger partial charge in [-0.25, -0.2) is 19.2 Å². The molecule has 3 N–H and O–H groups in total. The summed E-state index contributed by atoms with van der Waals surface area (Å²) in [4.78, 5) is 33.7. The summed E-state index contributed by atoms with van der Waals surface area (Å²) in [6.07, 6.45) is 5.33. The smallest absolute Gasteiger partial charge is 0.407 e. The summed E-state index contributed by atoms with van der Waals surface area (Å²) in [6.45, 7) is 0.751. The Morgan fingerprint density at radius 2 is 2.05 bits per heavy atom. The Morgan fingerprint density at radius 1 is 1.16 bits per heavy atom. The van der Waals surface area contributed by atoms with Crippen LogP contribution in [0.4, 0.5) is 26.4 Å². The van der Waals surface area contributed by atoms with E-state index in [1.54, 1.807) is 30.6 Å². The van der Waals surface area contributed by atoms with Crippen molar-refractivity contribution in [2.24, 2.45) is 0 Å². The maximum absolute atomic E-state index is 13.3. The van der Waals surface area contributed by atoms with Crippen LogP contribution in [0.2, 0.25) is 0 Å². The second kappa shape index (κ2) is 10.5. The molecule has 1 saturated heterocycles. The van der Waals surface area contributed by atoms with Gasteiger partial charge in [-0.05, 0) is 43.2 Å². The number of amides is 2. The number of fused-ring (bicyclic) bond motifs is 1. The van der Waals surface area contributed by atoms with Gasteiger partial charge in [0.2, 0.25) is 5.91 Å². The van der Waals surface area contributed by atoms with Crippen molar-refractivity contribution in [1.82, 2.24) is 24.6 Å². The van der Waals surface area contributed by atoms with Crippen LogP contribution in [0.15, 0.2) is 61.2 Å². The van der Waals surface area contributed by atoms with Crippen molar-refractivity contribution in [3.63, 3.8) is 0 Å². The second-order valence-corrected chi connectivity index (χ2v) is 8.59. The molecule has 4 aromatic rings. The van der Waals surface area contributed by atoms with E-state index in [-0.39, 0.29) is 25.1 Å². The number of carbonyl (C=O) groups is 2. The third-order valence-electron chi connectivity index (χ3n) is 5.98. The van der Waals surface area contributed by atoms with Crippen LogP contribution in [-0.2, 0) is 11.3 Å². The zero-order chi connectivity index (χ0) is 25.8. The van der Waals surface area contributed by atoms with E-state index in [2.05, 4.69) is 25.7 Å². The van der Waals surface area contributed by atoms with E-state index in [1.165, 1.54) is 34.1 Å². The normalized spacial score (nSPS) is 15.1. The van der Waals surface area contributed by atoms with Crippen molar-refractivity contribution in [2.45, 2.75) is 25.4 Å². The van der Waals surface area contributed by atoms with Crippen LogP contribution in [0, 0.1) is 5.82 Å². The molecule has 37 heavy (non-hydrogen) atoms. The lowest BCUT2D eigenvalue weighted by molar-refractivity contribution is -0.116. The summed E-state index contributed by atoms with van der Waals surface area (Å²) >= 11 is 0. The van der Waals surface area contributed by atoms with Gasteiger partial charge >= 0.3 is 6.09 Å². The van der Waals surface area contributed by atoms with Crippen LogP contribution < -0.4 is 15.4 Å². The molecule has 11 nitrogen and oxygen atoms in total. The number of nitrogens with one attached hydrogen (secondary N) is 2. The van der Waals surface area contributed by atoms with Crippen LogP contribution in [0.25, 0.3) is 10.9 Å². The van der Waals surface area contributed by atoms with Gasteiger partial charge < -0.3 is 25.4 Å². The van der Waals surface area contributed by atoms with Crippen LogP contribution in [-0.4, -0.2) is 60.9 Å². The van der Waals surface area contributed by atoms with Crippen molar-refractivity contribution in [3.05, 3.63) is 67.0 Å². The number of aromatic nitrogens is 4. The number of rotatable bonds is 8. The zero-order valence-corrected chi connectivity index (χ0v) is 19.7. The molecule has 2 aromatic carbocycles.